The molecule has 1 aromatic carbocycles. The summed E-state index contributed by atoms with van der Waals surface area (Å²) >= 11 is 7.39. The maximum absolute atomic E-state index is 11.5. The monoisotopic (exact) mass is 296 g/mol. The molecule has 0 radical (unpaired) electrons. The number of aromatic nitrogens is 1. The fourth-order valence-corrected chi connectivity index (χ4v) is 2.30. The van der Waals surface area contributed by atoms with Crippen molar-refractivity contribution in [2.24, 2.45) is 0 Å². The van der Waals surface area contributed by atoms with E-state index in [0.717, 1.165) is 11.3 Å². The summed E-state index contributed by atoms with van der Waals surface area (Å²) in [6, 6.07) is 5.65. The molecule has 0 spiro atoms. The zero-order valence-corrected chi connectivity index (χ0v) is 12.1. The first kappa shape index (κ1) is 13.8. The Labute approximate surface area is 120 Å². The Bertz CT molecular complexity index is 598. The van der Waals surface area contributed by atoms with Gasteiger partial charge in [0.2, 0.25) is 0 Å². The number of aryl methyl sites for hydroxylation is 1. The number of hydrogen-bond acceptors (Lipinski definition) is 5. The highest BCUT2D eigenvalue weighted by Gasteiger charge is 2.11. The first-order chi connectivity index (χ1) is 9.10. The van der Waals surface area contributed by atoms with Crippen molar-refractivity contribution < 1.29 is 9.53 Å². The summed E-state index contributed by atoms with van der Waals surface area (Å²) in [5.41, 5.74) is 2.16. The molecule has 0 unspecified atom stereocenters. The molecule has 2 rings (SSSR count). The molecular weight excluding hydrogens is 284 g/mol. The Hall–Kier alpha value is -1.59. The second kappa shape index (κ2) is 6.04. The van der Waals surface area contributed by atoms with E-state index in [-0.39, 0.29) is 0 Å². The van der Waals surface area contributed by atoms with E-state index in [9.17, 15) is 4.79 Å². The van der Waals surface area contributed by atoms with Gasteiger partial charge in [0, 0.05) is 16.1 Å². The van der Waals surface area contributed by atoms with Crippen molar-refractivity contribution in [1.82, 2.24) is 4.98 Å². The third-order valence-electron chi connectivity index (χ3n) is 2.41. The van der Waals surface area contributed by atoms with Crippen molar-refractivity contribution in [1.29, 1.82) is 0 Å². The van der Waals surface area contributed by atoms with E-state index in [1.54, 1.807) is 12.3 Å². The molecule has 0 saturated heterocycles. The van der Waals surface area contributed by atoms with E-state index in [1.807, 2.05) is 25.1 Å². The second-order valence-corrected chi connectivity index (χ2v) is 5.11. The molecule has 0 aliphatic rings. The van der Waals surface area contributed by atoms with E-state index in [1.165, 1.54) is 11.3 Å². The van der Waals surface area contributed by atoms with Crippen LogP contribution >= 0.6 is 22.9 Å². The molecule has 2 aromatic rings. The predicted octanol–water partition coefficient (Wildman–Crippen LogP) is 4.03. The summed E-state index contributed by atoms with van der Waals surface area (Å²) in [6.45, 7) is 4.04. The van der Waals surface area contributed by atoms with Crippen LogP contribution in [0.4, 0.5) is 10.8 Å². The molecule has 19 heavy (non-hydrogen) atoms. The number of carbonyl (C=O) groups is 1. The molecule has 1 heterocycles. The average molecular weight is 297 g/mol. The van der Waals surface area contributed by atoms with Gasteiger partial charge in [-0.1, -0.05) is 17.7 Å². The zero-order chi connectivity index (χ0) is 13.8. The third kappa shape index (κ3) is 3.45. The van der Waals surface area contributed by atoms with Crippen molar-refractivity contribution in [2.75, 3.05) is 11.9 Å². The molecule has 4 nitrogen and oxygen atoms in total. The van der Waals surface area contributed by atoms with Gasteiger partial charge in [-0.25, -0.2) is 9.78 Å². The molecule has 0 bridgehead atoms. The highest BCUT2D eigenvalue weighted by molar-refractivity contribution is 7.14. The van der Waals surface area contributed by atoms with Gasteiger partial charge in [-0.15, -0.1) is 11.3 Å². The van der Waals surface area contributed by atoms with Gasteiger partial charge >= 0.3 is 5.97 Å². The van der Waals surface area contributed by atoms with E-state index < -0.39 is 5.97 Å². The van der Waals surface area contributed by atoms with Gasteiger partial charge in [-0.2, -0.15) is 0 Å². The van der Waals surface area contributed by atoms with Gasteiger partial charge in [-0.05, 0) is 31.5 Å². The number of halogens is 1. The minimum absolute atomic E-state index is 0.313. The third-order valence-corrected chi connectivity index (χ3v) is 3.58. The number of benzene rings is 1. The van der Waals surface area contributed by atoms with Crippen LogP contribution in [0.5, 0.6) is 0 Å². The lowest BCUT2D eigenvalue weighted by atomic mass is 10.2. The van der Waals surface area contributed by atoms with Crippen LogP contribution in [-0.4, -0.2) is 17.6 Å². The van der Waals surface area contributed by atoms with E-state index in [0.29, 0.717) is 22.5 Å². The maximum atomic E-state index is 11.5. The van der Waals surface area contributed by atoms with Gasteiger partial charge in [0.25, 0.3) is 0 Å². The van der Waals surface area contributed by atoms with Crippen LogP contribution in [0.3, 0.4) is 0 Å². The number of ether oxygens (including phenoxy) is 1. The number of hydrogen-bond donors (Lipinski definition) is 1. The number of thiazole rings is 1. The lowest BCUT2D eigenvalue weighted by Crippen LogP contribution is -2.04. The molecule has 100 valence electrons. The van der Waals surface area contributed by atoms with Crippen molar-refractivity contribution in [3.05, 3.63) is 39.9 Å². The van der Waals surface area contributed by atoms with Crippen molar-refractivity contribution in [3.63, 3.8) is 0 Å². The Morgan fingerprint density at radius 1 is 1.53 bits per heavy atom. The van der Waals surface area contributed by atoms with Gasteiger partial charge in [-0.3, -0.25) is 0 Å². The molecule has 0 aliphatic carbocycles. The Balaban J connectivity index is 2.11. The van der Waals surface area contributed by atoms with E-state index in [2.05, 4.69) is 10.3 Å². The fourth-order valence-electron chi connectivity index (χ4n) is 1.42. The summed E-state index contributed by atoms with van der Waals surface area (Å²) in [4.78, 5) is 15.6. The average Bonchev–Trinajstić information content (AvgIpc) is 2.83. The molecule has 0 fully saturated rings. The van der Waals surface area contributed by atoms with Crippen molar-refractivity contribution in [3.8, 4) is 0 Å². The fraction of sp³-hybridized carbons (Fsp3) is 0.231. The van der Waals surface area contributed by atoms with Crippen LogP contribution in [0.1, 0.15) is 23.0 Å². The van der Waals surface area contributed by atoms with Crippen molar-refractivity contribution >= 4 is 39.7 Å². The van der Waals surface area contributed by atoms with Gasteiger partial charge in [0.15, 0.2) is 10.8 Å². The van der Waals surface area contributed by atoms with Gasteiger partial charge in [0.05, 0.1) is 6.61 Å². The first-order valence-corrected chi connectivity index (χ1v) is 7.01. The van der Waals surface area contributed by atoms with Crippen LogP contribution in [0.15, 0.2) is 23.6 Å². The molecule has 0 saturated carbocycles. The number of rotatable bonds is 4. The maximum Gasteiger partial charge on any atom is 0.357 e. The number of esters is 1. The van der Waals surface area contributed by atoms with Crippen LogP contribution in [-0.2, 0) is 4.74 Å². The van der Waals surface area contributed by atoms with Crippen LogP contribution in [0.25, 0.3) is 0 Å². The lowest BCUT2D eigenvalue weighted by molar-refractivity contribution is 0.0520. The minimum Gasteiger partial charge on any atom is -0.461 e. The lowest BCUT2D eigenvalue weighted by Gasteiger charge is -2.04. The summed E-state index contributed by atoms with van der Waals surface area (Å²) in [5, 5.41) is 6.08. The molecule has 6 heteroatoms. The predicted molar refractivity (Wildman–Crippen MR) is 77.5 cm³/mol. The Morgan fingerprint density at radius 2 is 2.32 bits per heavy atom. The molecule has 0 aliphatic heterocycles. The highest BCUT2D eigenvalue weighted by Crippen LogP contribution is 2.25. The van der Waals surface area contributed by atoms with Crippen LogP contribution in [0.2, 0.25) is 5.02 Å². The first-order valence-electron chi connectivity index (χ1n) is 5.76. The Morgan fingerprint density at radius 3 is 3.00 bits per heavy atom. The topological polar surface area (TPSA) is 51.2 Å². The van der Waals surface area contributed by atoms with Gasteiger partial charge in [0.1, 0.15) is 0 Å². The Kier molecular flexibility index (Phi) is 4.39. The molecule has 0 amide bonds. The quantitative estimate of drug-likeness (QED) is 0.866. The molecule has 0 atom stereocenters. The van der Waals surface area contributed by atoms with Crippen molar-refractivity contribution in [2.45, 2.75) is 13.8 Å². The molecule has 1 aromatic heterocycles. The largest absolute Gasteiger partial charge is 0.461 e. The van der Waals surface area contributed by atoms with Crippen LogP contribution < -0.4 is 5.32 Å². The smallest absolute Gasteiger partial charge is 0.357 e. The molecular formula is C13H13ClN2O2S. The molecule has 1 N–H and O–H groups in total. The second-order valence-electron chi connectivity index (χ2n) is 3.85. The number of anilines is 2. The number of nitrogens with one attached hydrogen (secondary N) is 1. The van der Waals surface area contributed by atoms with E-state index >= 15 is 0 Å². The van der Waals surface area contributed by atoms with Gasteiger partial charge < -0.3 is 10.1 Å². The minimum atomic E-state index is -0.409. The normalized spacial score (nSPS) is 10.3. The summed E-state index contributed by atoms with van der Waals surface area (Å²) < 4.78 is 4.88. The SMILES string of the molecule is CCOC(=O)c1csc(Nc2ccc(C)c(Cl)c2)n1. The number of carbonyl (C=O) groups excluding carboxylic acids is 1. The van der Waals surface area contributed by atoms with Crippen LogP contribution in [0, 0.1) is 6.92 Å². The summed E-state index contributed by atoms with van der Waals surface area (Å²) in [6.07, 6.45) is 0. The van der Waals surface area contributed by atoms with E-state index in [4.69, 9.17) is 16.3 Å². The standard InChI is InChI=1S/C13H13ClN2O2S/c1-3-18-12(17)11-7-19-13(16-11)15-9-5-4-8(2)10(14)6-9/h4-7H,3H2,1-2H3,(H,15,16). The summed E-state index contributed by atoms with van der Waals surface area (Å²) in [7, 11) is 0. The highest BCUT2D eigenvalue weighted by atomic mass is 35.5. The number of nitrogens with zero attached hydrogens (tertiary/aromatic N) is 1. The summed E-state index contributed by atoms with van der Waals surface area (Å²) in [5.74, 6) is -0.409. The zero-order valence-electron chi connectivity index (χ0n) is 10.6.